The molecular formula is C11H21NO2. The topological polar surface area (TPSA) is 32.7 Å². The third kappa shape index (κ3) is 1.69. The normalized spacial score (nSPS) is 44.8. The molecule has 0 amide bonds. The number of aliphatic hydroxyl groups excluding tert-OH is 1. The summed E-state index contributed by atoms with van der Waals surface area (Å²) < 4.78 is 5.32. The van der Waals surface area contributed by atoms with Crippen LogP contribution in [0, 0.1) is 5.92 Å². The second-order valence-corrected chi connectivity index (χ2v) is 4.65. The first-order valence-electron chi connectivity index (χ1n) is 5.75. The summed E-state index contributed by atoms with van der Waals surface area (Å²) in [5.74, 6) is 0.771. The maximum Gasteiger partial charge on any atom is 0.0950 e. The van der Waals surface area contributed by atoms with Gasteiger partial charge >= 0.3 is 0 Å². The van der Waals surface area contributed by atoms with Gasteiger partial charge in [0, 0.05) is 6.04 Å². The van der Waals surface area contributed by atoms with Crippen LogP contribution in [0.3, 0.4) is 0 Å². The maximum absolute atomic E-state index is 9.78. The Bertz CT molecular complexity index is 198. The molecule has 2 aliphatic rings. The Morgan fingerprint density at radius 2 is 2.21 bits per heavy atom. The highest BCUT2D eigenvalue weighted by Gasteiger charge is 2.39. The molecule has 3 heteroatoms. The molecule has 2 heterocycles. The largest absolute Gasteiger partial charge is 0.389 e. The second kappa shape index (κ2) is 4.17. The Kier molecular flexibility index (Phi) is 3.10. The number of ether oxygens (including phenoxy) is 1. The minimum atomic E-state index is -0.269. The standard InChI is InChI=1S/C11H21NO2/c1-3-9-8(2)4-5-12(9)10-6-14-7-11(10)13/h8-11,13H,3-7H2,1-2H3. The average molecular weight is 199 g/mol. The summed E-state index contributed by atoms with van der Waals surface area (Å²) in [6, 6.07) is 0.904. The molecule has 0 aromatic heterocycles. The maximum atomic E-state index is 9.78. The summed E-state index contributed by atoms with van der Waals surface area (Å²) in [6.07, 6.45) is 2.18. The van der Waals surface area contributed by atoms with Crippen LogP contribution in [0.4, 0.5) is 0 Å². The van der Waals surface area contributed by atoms with Crippen LogP contribution in [0.2, 0.25) is 0 Å². The summed E-state index contributed by atoms with van der Waals surface area (Å²) in [4.78, 5) is 2.46. The SMILES string of the molecule is CCC1C(C)CCN1C1COCC1O. The van der Waals surface area contributed by atoms with Crippen LogP contribution in [-0.4, -0.2) is 48.0 Å². The highest BCUT2D eigenvalue weighted by Crippen LogP contribution is 2.30. The predicted molar refractivity (Wildman–Crippen MR) is 55.2 cm³/mol. The number of hydrogen-bond donors (Lipinski definition) is 1. The van der Waals surface area contributed by atoms with E-state index < -0.39 is 0 Å². The van der Waals surface area contributed by atoms with E-state index in [2.05, 4.69) is 18.7 Å². The van der Waals surface area contributed by atoms with Gasteiger partial charge in [0.15, 0.2) is 0 Å². The van der Waals surface area contributed by atoms with E-state index in [0.29, 0.717) is 19.3 Å². The molecule has 0 bridgehead atoms. The Labute approximate surface area is 86.0 Å². The first-order valence-corrected chi connectivity index (χ1v) is 5.75. The van der Waals surface area contributed by atoms with Gasteiger partial charge in [0.1, 0.15) is 0 Å². The third-order valence-electron chi connectivity index (χ3n) is 3.79. The lowest BCUT2D eigenvalue weighted by Gasteiger charge is -2.32. The van der Waals surface area contributed by atoms with E-state index in [1.807, 2.05) is 0 Å². The Balaban J connectivity index is 2.02. The van der Waals surface area contributed by atoms with Gasteiger partial charge in [0.2, 0.25) is 0 Å². The van der Waals surface area contributed by atoms with E-state index >= 15 is 0 Å². The van der Waals surface area contributed by atoms with Crippen molar-refractivity contribution >= 4 is 0 Å². The van der Waals surface area contributed by atoms with Crippen LogP contribution in [0.1, 0.15) is 26.7 Å². The highest BCUT2D eigenvalue weighted by atomic mass is 16.5. The lowest BCUT2D eigenvalue weighted by Crippen LogP contribution is -2.46. The Hall–Kier alpha value is -0.120. The van der Waals surface area contributed by atoms with Gasteiger partial charge in [-0.05, 0) is 25.3 Å². The zero-order valence-corrected chi connectivity index (χ0v) is 9.15. The lowest BCUT2D eigenvalue weighted by atomic mass is 10.00. The molecule has 4 atom stereocenters. The molecule has 3 nitrogen and oxygen atoms in total. The average Bonchev–Trinajstić information content (AvgIpc) is 2.71. The smallest absolute Gasteiger partial charge is 0.0950 e. The minimum Gasteiger partial charge on any atom is -0.389 e. The van der Waals surface area contributed by atoms with Gasteiger partial charge in [-0.25, -0.2) is 0 Å². The molecule has 0 aromatic rings. The molecule has 1 N–H and O–H groups in total. The van der Waals surface area contributed by atoms with Crippen LogP contribution in [0.25, 0.3) is 0 Å². The summed E-state index contributed by atoms with van der Waals surface area (Å²) >= 11 is 0. The molecule has 82 valence electrons. The fourth-order valence-corrected chi connectivity index (χ4v) is 2.93. The number of aliphatic hydroxyl groups is 1. The molecule has 0 spiro atoms. The van der Waals surface area contributed by atoms with E-state index in [1.165, 1.54) is 12.8 Å². The number of hydrogen-bond acceptors (Lipinski definition) is 3. The van der Waals surface area contributed by atoms with Gasteiger partial charge in [-0.15, -0.1) is 0 Å². The van der Waals surface area contributed by atoms with Crippen molar-refractivity contribution < 1.29 is 9.84 Å². The summed E-state index contributed by atoms with van der Waals surface area (Å²) in [6.45, 7) is 6.92. The minimum absolute atomic E-state index is 0.255. The fraction of sp³-hybridized carbons (Fsp3) is 1.00. The molecule has 0 aliphatic carbocycles. The third-order valence-corrected chi connectivity index (χ3v) is 3.79. The van der Waals surface area contributed by atoms with E-state index in [9.17, 15) is 5.11 Å². The van der Waals surface area contributed by atoms with Gasteiger partial charge in [-0.2, -0.15) is 0 Å². The molecule has 2 aliphatic heterocycles. The van der Waals surface area contributed by atoms with E-state index in [4.69, 9.17) is 4.74 Å². The van der Waals surface area contributed by atoms with Gasteiger partial charge < -0.3 is 9.84 Å². The van der Waals surface area contributed by atoms with Gasteiger partial charge in [0.25, 0.3) is 0 Å². The fourth-order valence-electron chi connectivity index (χ4n) is 2.93. The van der Waals surface area contributed by atoms with Crippen molar-refractivity contribution in [1.29, 1.82) is 0 Å². The van der Waals surface area contributed by atoms with Crippen LogP contribution in [0.5, 0.6) is 0 Å². The van der Waals surface area contributed by atoms with Crippen LogP contribution in [-0.2, 0) is 4.74 Å². The van der Waals surface area contributed by atoms with Crippen molar-refractivity contribution in [2.75, 3.05) is 19.8 Å². The van der Waals surface area contributed by atoms with Crippen molar-refractivity contribution in [3.8, 4) is 0 Å². The zero-order valence-electron chi connectivity index (χ0n) is 9.15. The lowest BCUT2D eigenvalue weighted by molar-refractivity contribution is 0.0681. The summed E-state index contributed by atoms with van der Waals surface area (Å²) in [7, 11) is 0. The first-order chi connectivity index (χ1) is 6.74. The molecule has 14 heavy (non-hydrogen) atoms. The molecule has 2 saturated heterocycles. The monoisotopic (exact) mass is 199 g/mol. The molecular weight excluding hydrogens is 178 g/mol. The molecule has 2 fully saturated rings. The highest BCUT2D eigenvalue weighted by molar-refractivity contribution is 4.93. The summed E-state index contributed by atoms with van der Waals surface area (Å²) in [5, 5.41) is 9.78. The molecule has 2 rings (SSSR count). The number of rotatable bonds is 2. The van der Waals surface area contributed by atoms with Gasteiger partial charge in [0.05, 0.1) is 25.4 Å². The van der Waals surface area contributed by atoms with Crippen molar-refractivity contribution in [3.63, 3.8) is 0 Å². The van der Waals surface area contributed by atoms with Crippen molar-refractivity contribution in [2.24, 2.45) is 5.92 Å². The first kappa shape index (κ1) is 10.4. The van der Waals surface area contributed by atoms with E-state index in [0.717, 1.165) is 12.5 Å². The van der Waals surface area contributed by atoms with E-state index in [-0.39, 0.29) is 12.1 Å². The van der Waals surface area contributed by atoms with Crippen molar-refractivity contribution in [3.05, 3.63) is 0 Å². The molecule has 0 radical (unpaired) electrons. The number of nitrogens with zero attached hydrogens (tertiary/aromatic N) is 1. The summed E-state index contributed by atoms with van der Waals surface area (Å²) in [5.41, 5.74) is 0. The molecule has 0 saturated carbocycles. The van der Waals surface area contributed by atoms with Crippen molar-refractivity contribution in [1.82, 2.24) is 4.90 Å². The Morgan fingerprint density at radius 1 is 1.43 bits per heavy atom. The second-order valence-electron chi connectivity index (χ2n) is 4.65. The predicted octanol–water partition coefficient (Wildman–Crippen LogP) is 0.866. The quantitative estimate of drug-likeness (QED) is 0.716. The van der Waals surface area contributed by atoms with Gasteiger partial charge in [-0.3, -0.25) is 4.90 Å². The Morgan fingerprint density at radius 3 is 2.79 bits per heavy atom. The number of likely N-dealkylation sites (tertiary alicyclic amines) is 1. The molecule has 0 aromatic carbocycles. The van der Waals surface area contributed by atoms with Gasteiger partial charge in [-0.1, -0.05) is 13.8 Å². The molecule has 4 unspecified atom stereocenters. The van der Waals surface area contributed by atoms with Crippen LogP contribution >= 0.6 is 0 Å². The van der Waals surface area contributed by atoms with E-state index in [1.54, 1.807) is 0 Å². The van der Waals surface area contributed by atoms with Crippen LogP contribution in [0.15, 0.2) is 0 Å². The van der Waals surface area contributed by atoms with Crippen LogP contribution < -0.4 is 0 Å². The van der Waals surface area contributed by atoms with Crippen molar-refractivity contribution in [2.45, 2.75) is 44.9 Å². The zero-order chi connectivity index (χ0) is 10.1.